The topological polar surface area (TPSA) is 18.5 Å². The number of allylic oxidation sites excluding steroid dienone is 1. The Hall–Kier alpha value is -5.85. The lowest BCUT2D eigenvalue weighted by atomic mass is 9.64. The van der Waals surface area contributed by atoms with Crippen LogP contribution in [0.2, 0.25) is 0 Å². The molecule has 0 saturated carbocycles. The van der Waals surface area contributed by atoms with E-state index in [1.807, 2.05) is 0 Å². The molecule has 5 aromatic carbocycles. The Balaban J connectivity index is 1.80. The summed E-state index contributed by atoms with van der Waals surface area (Å²) in [6.07, 6.45) is 0. The quantitative estimate of drug-likeness (QED) is 0.0733. The van der Waals surface area contributed by atoms with Crippen molar-refractivity contribution in [1.29, 1.82) is 0 Å². The Morgan fingerprint density at radius 1 is 0.298 bits per heavy atom. The van der Waals surface area contributed by atoms with Gasteiger partial charge in [0, 0.05) is 5.56 Å². The summed E-state index contributed by atoms with van der Waals surface area (Å²) in [6, 6.07) is 0. The maximum atomic E-state index is 17.1. The van der Waals surface area contributed by atoms with E-state index in [-0.39, 0.29) is 0 Å². The molecule has 0 amide bonds. The average molecular weight is 852 g/mol. The maximum Gasteiger partial charge on any atom is 0.647 e. The molecule has 1 atom stereocenters. The second-order valence-electron chi connectivity index (χ2n) is 11.1. The number of hydrogen-bond donors (Lipinski definition) is 0. The minimum absolute atomic E-state index is 2.63. The lowest BCUT2D eigenvalue weighted by molar-refractivity contribution is 0.205. The van der Waals surface area contributed by atoms with Crippen LogP contribution in [0.4, 0.5) is 101 Å². The summed E-state index contributed by atoms with van der Waals surface area (Å²) in [5.41, 5.74) is -17.6. The van der Waals surface area contributed by atoms with E-state index < -0.39 is 185 Å². The molecule has 0 fully saturated rings. The van der Waals surface area contributed by atoms with Gasteiger partial charge >= 0.3 is 7.12 Å². The van der Waals surface area contributed by atoms with Gasteiger partial charge in [-0.3, -0.25) is 0 Å². The normalized spacial score (nSPS) is 15.3. The van der Waals surface area contributed by atoms with Crippen molar-refractivity contribution in [2.45, 2.75) is 5.57 Å². The zero-order valence-corrected chi connectivity index (χ0v) is 25.6. The highest BCUT2D eigenvalue weighted by atomic mass is 19.2. The SMILES string of the molecule is FC1=C(F)C(F)(B(Oc2c(F)c(F)c(F)c(F)c2-c2c(F)c(F)c(F)c(F)c2F)Oc2c(F)c(F)c(F)c3c(F)c(F)c(F)c(F)c23)c2c(F)c(F)c(F)c(F)c21. The standard InChI is InChI=1S/C31BF23O2/c33-7-2-4(11(37)19(45)16(7)42)28(26(52)22(48)10(2)36)56-32(31(55)6-5(14(40)30(31)54)13(39)21(47)23(49)15(6)41)57-29-3(12(38)20(46)25(51)27(29)53)1-8(34)17(43)24(50)18(44)9(1)35. The molecule has 26 heteroatoms. The van der Waals surface area contributed by atoms with Crippen molar-refractivity contribution in [3.63, 3.8) is 0 Å². The number of benzene rings is 5. The first-order valence-electron chi connectivity index (χ1n) is 14.0. The fourth-order valence-electron chi connectivity index (χ4n) is 5.53. The Kier molecular flexibility index (Phi) is 9.58. The van der Waals surface area contributed by atoms with Crippen molar-refractivity contribution in [2.24, 2.45) is 0 Å². The smallest absolute Gasteiger partial charge is 0.521 e. The van der Waals surface area contributed by atoms with E-state index in [4.69, 9.17) is 0 Å². The molecule has 6 rings (SSSR count). The molecule has 0 radical (unpaired) electrons. The maximum absolute atomic E-state index is 17.1. The van der Waals surface area contributed by atoms with Gasteiger partial charge in [0.05, 0.1) is 27.5 Å². The number of alkyl halides is 1. The second kappa shape index (κ2) is 13.4. The minimum Gasteiger partial charge on any atom is -0.521 e. The zero-order chi connectivity index (χ0) is 42.8. The summed E-state index contributed by atoms with van der Waals surface area (Å²) >= 11 is 0. The second-order valence-corrected chi connectivity index (χ2v) is 11.1. The van der Waals surface area contributed by atoms with E-state index in [9.17, 15) is 65.9 Å². The van der Waals surface area contributed by atoms with E-state index in [0.29, 0.717) is 0 Å². The van der Waals surface area contributed by atoms with Crippen LogP contribution in [0.15, 0.2) is 5.83 Å². The fraction of sp³-hybridized carbons (Fsp3) is 0.0323. The van der Waals surface area contributed by atoms with E-state index in [2.05, 4.69) is 9.31 Å². The van der Waals surface area contributed by atoms with Crippen LogP contribution in [-0.4, -0.2) is 7.12 Å². The Morgan fingerprint density at radius 3 is 1.11 bits per heavy atom. The first-order chi connectivity index (χ1) is 26.4. The van der Waals surface area contributed by atoms with Crippen molar-refractivity contribution >= 4 is 23.7 Å². The van der Waals surface area contributed by atoms with E-state index in [1.165, 1.54) is 0 Å². The molecule has 0 aliphatic heterocycles. The third-order valence-electron chi connectivity index (χ3n) is 8.12. The van der Waals surface area contributed by atoms with Crippen LogP contribution < -0.4 is 9.31 Å². The Morgan fingerprint density at radius 2 is 0.614 bits per heavy atom. The summed E-state index contributed by atoms with van der Waals surface area (Å²) in [5.74, 6) is -77.6. The third-order valence-corrected chi connectivity index (χ3v) is 8.12. The highest BCUT2D eigenvalue weighted by Crippen LogP contribution is 2.55. The third kappa shape index (κ3) is 5.30. The molecule has 57 heavy (non-hydrogen) atoms. The molecular formula is C31BF23O2. The number of fused-ring (bicyclic) bond motifs is 2. The summed E-state index contributed by atoms with van der Waals surface area (Å²) in [7, 11) is -4.90. The predicted molar refractivity (Wildman–Crippen MR) is 140 cm³/mol. The molecule has 0 heterocycles. The van der Waals surface area contributed by atoms with Gasteiger partial charge in [-0.05, 0) is 0 Å². The molecular weight excluding hydrogens is 852 g/mol. The van der Waals surface area contributed by atoms with Gasteiger partial charge in [-0.15, -0.1) is 0 Å². The highest BCUT2D eigenvalue weighted by Gasteiger charge is 2.66. The molecule has 1 aliphatic carbocycles. The van der Waals surface area contributed by atoms with Crippen LogP contribution in [0.25, 0.3) is 27.7 Å². The fourth-order valence-corrected chi connectivity index (χ4v) is 5.53. The molecule has 2 nitrogen and oxygen atoms in total. The van der Waals surface area contributed by atoms with Crippen LogP contribution in [0.1, 0.15) is 11.1 Å². The predicted octanol–water partition coefficient (Wildman–Crippen LogP) is 11.3. The Bertz CT molecular complexity index is 2660. The van der Waals surface area contributed by atoms with Crippen molar-refractivity contribution in [3.8, 4) is 22.6 Å². The first-order valence-corrected chi connectivity index (χ1v) is 14.0. The van der Waals surface area contributed by atoms with Gasteiger partial charge in [0.25, 0.3) is 5.57 Å². The lowest BCUT2D eigenvalue weighted by Crippen LogP contribution is -2.50. The zero-order valence-electron chi connectivity index (χ0n) is 25.6. The van der Waals surface area contributed by atoms with Crippen molar-refractivity contribution < 1.29 is 110 Å². The van der Waals surface area contributed by atoms with Gasteiger partial charge < -0.3 is 9.31 Å². The van der Waals surface area contributed by atoms with Crippen LogP contribution in [0.3, 0.4) is 0 Å². The first kappa shape index (κ1) is 40.8. The minimum atomic E-state index is -5.84. The molecule has 1 unspecified atom stereocenters. The largest absolute Gasteiger partial charge is 0.647 e. The van der Waals surface area contributed by atoms with E-state index in [0.717, 1.165) is 0 Å². The van der Waals surface area contributed by atoms with Crippen LogP contribution >= 0.6 is 0 Å². The van der Waals surface area contributed by atoms with Gasteiger partial charge in [-0.25, -0.2) is 92.2 Å². The molecule has 0 saturated heterocycles. The van der Waals surface area contributed by atoms with Gasteiger partial charge in [0.1, 0.15) is 0 Å². The molecule has 1 aliphatic rings. The number of hydrogen-bond acceptors (Lipinski definition) is 2. The summed E-state index contributed by atoms with van der Waals surface area (Å²) in [5, 5.41) is -5.31. The average Bonchev–Trinajstić information content (AvgIpc) is 3.39. The Labute approximate surface area is 296 Å². The van der Waals surface area contributed by atoms with Gasteiger partial charge in [0.15, 0.2) is 116 Å². The molecule has 0 spiro atoms. The van der Waals surface area contributed by atoms with Crippen molar-refractivity contribution in [1.82, 2.24) is 0 Å². The number of rotatable bonds is 6. The van der Waals surface area contributed by atoms with Crippen LogP contribution in [-0.2, 0) is 5.57 Å². The van der Waals surface area contributed by atoms with Gasteiger partial charge in [0.2, 0.25) is 23.3 Å². The number of halogens is 23. The highest BCUT2D eigenvalue weighted by molar-refractivity contribution is 6.52. The monoisotopic (exact) mass is 852 g/mol. The van der Waals surface area contributed by atoms with Gasteiger partial charge in [-0.2, -0.15) is 8.78 Å². The van der Waals surface area contributed by atoms with Crippen LogP contribution in [0, 0.1) is 116 Å². The molecule has 0 aromatic heterocycles. The summed E-state index contributed by atoms with van der Waals surface area (Å²) in [6.45, 7) is 0. The van der Waals surface area contributed by atoms with Gasteiger partial charge in [-0.1, -0.05) is 0 Å². The van der Waals surface area contributed by atoms with Crippen molar-refractivity contribution in [3.05, 3.63) is 133 Å². The van der Waals surface area contributed by atoms with Crippen LogP contribution in [0.5, 0.6) is 11.5 Å². The van der Waals surface area contributed by atoms with E-state index in [1.54, 1.807) is 0 Å². The molecule has 300 valence electrons. The molecule has 5 aromatic rings. The summed E-state index contributed by atoms with van der Waals surface area (Å²) in [4.78, 5) is 0. The molecule has 0 bridgehead atoms. The lowest BCUT2D eigenvalue weighted by Gasteiger charge is -2.29. The molecule has 0 N–H and O–H groups in total. The van der Waals surface area contributed by atoms with E-state index >= 15 is 35.1 Å². The summed E-state index contributed by atoms with van der Waals surface area (Å²) < 4.78 is 349. The van der Waals surface area contributed by atoms with Crippen molar-refractivity contribution in [2.75, 3.05) is 0 Å².